The molecule has 92 valence electrons. The summed E-state index contributed by atoms with van der Waals surface area (Å²) >= 11 is 0. The molecule has 3 nitrogen and oxygen atoms in total. The maximum Gasteiger partial charge on any atom is 0.237 e. The molecular formula is C13H24N2O. The number of hydrogen-bond acceptors (Lipinski definition) is 2. The lowest BCUT2D eigenvalue weighted by atomic mass is 9.96. The molecule has 1 rings (SSSR count). The number of nitrogens with one attached hydrogen (secondary N) is 2. The molecule has 1 amide bonds. The molecule has 1 aliphatic carbocycles. The van der Waals surface area contributed by atoms with Crippen LogP contribution in [0.1, 0.15) is 39.5 Å². The van der Waals surface area contributed by atoms with Crippen LogP contribution in [0.4, 0.5) is 0 Å². The van der Waals surface area contributed by atoms with Gasteiger partial charge in [0.2, 0.25) is 5.91 Å². The van der Waals surface area contributed by atoms with Gasteiger partial charge in [-0.25, -0.2) is 0 Å². The molecule has 0 aromatic rings. The fourth-order valence-corrected chi connectivity index (χ4v) is 2.32. The van der Waals surface area contributed by atoms with E-state index in [9.17, 15) is 4.79 Å². The van der Waals surface area contributed by atoms with Crippen LogP contribution in [0, 0.1) is 5.92 Å². The standard InChI is InChI=1S/C13H24N2O/c1-4-7-10(2)12(14-3)13(16)15-11-8-5-6-9-11/h5-6,10-12,14H,4,7-9H2,1-3H3,(H,15,16). The van der Waals surface area contributed by atoms with Gasteiger partial charge in [-0.3, -0.25) is 4.79 Å². The van der Waals surface area contributed by atoms with Crippen molar-refractivity contribution in [3.63, 3.8) is 0 Å². The maximum atomic E-state index is 12.0. The molecule has 2 N–H and O–H groups in total. The minimum absolute atomic E-state index is 0.0550. The number of rotatable bonds is 6. The molecule has 0 aromatic heterocycles. The summed E-state index contributed by atoms with van der Waals surface area (Å²) in [6.07, 6.45) is 8.43. The lowest BCUT2D eigenvalue weighted by molar-refractivity contribution is -0.124. The molecule has 2 unspecified atom stereocenters. The Morgan fingerprint density at radius 1 is 1.44 bits per heavy atom. The normalized spacial score (nSPS) is 19.7. The summed E-state index contributed by atoms with van der Waals surface area (Å²) in [5.41, 5.74) is 0. The molecule has 0 fully saturated rings. The smallest absolute Gasteiger partial charge is 0.237 e. The largest absolute Gasteiger partial charge is 0.351 e. The summed E-state index contributed by atoms with van der Waals surface area (Å²) in [6, 6.07) is 0.262. The number of carbonyl (C=O) groups is 1. The molecule has 3 heteroatoms. The minimum atomic E-state index is -0.0550. The third-order valence-electron chi connectivity index (χ3n) is 3.26. The zero-order chi connectivity index (χ0) is 12.0. The van der Waals surface area contributed by atoms with Crippen LogP contribution < -0.4 is 10.6 Å². The van der Waals surface area contributed by atoms with Crippen molar-refractivity contribution >= 4 is 5.91 Å². The van der Waals surface area contributed by atoms with Crippen LogP contribution in [-0.2, 0) is 4.79 Å². The van der Waals surface area contributed by atoms with Gasteiger partial charge in [0.1, 0.15) is 0 Å². The molecular weight excluding hydrogens is 200 g/mol. The van der Waals surface area contributed by atoms with Gasteiger partial charge >= 0.3 is 0 Å². The van der Waals surface area contributed by atoms with E-state index in [0.717, 1.165) is 25.7 Å². The Bertz CT molecular complexity index is 242. The molecule has 2 atom stereocenters. The van der Waals surface area contributed by atoms with Gasteiger partial charge in [-0.15, -0.1) is 0 Å². The van der Waals surface area contributed by atoms with Gasteiger partial charge in [0.05, 0.1) is 6.04 Å². The van der Waals surface area contributed by atoms with Crippen LogP contribution in [0.3, 0.4) is 0 Å². The van der Waals surface area contributed by atoms with Gasteiger partial charge in [0.25, 0.3) is 0 Å². The first-order chi connectivity index (χ1) is 7.69. The van der Waals surface area contributed by atoms with E-state index in [4.69, 9.17) is 0 Å². The van der Waals surface area contributed by atoms with E-state index in [-0.39, 0.29) is 11.9 Å². The van der Waals surface area contributed by atoms with Crippen molar-refractivity contribution in [1.29, 1.82) is 0 Å². The summed E-state index contributed by atoms with van der Waals surface area (Å²) in [5.74, 6) is 0.543. The SMILES string of the molecule is CCCC(C)C(NC)C(=O)NC1CC=CC1. The first-order valence-corrected chi connectivity index (χ1v) is 6.31. The second kappa shape index (κ2) is 6.69. The average Bonchev–Trinajstić information content (AvgIpc) is 2.71. The highest BCUT2D eigenvalue weighted by molar-refractivity contribution is 5.82. The molecule has 0 spiro atoms. The third-order valence-corrected chi connectivity index (χ3v) is 3.26. The van der Waals surface area contributed by atoms with E-state index < -0.39 is 0 Å². The maximum absolute atomic E-state index is 12.0. The average molecular weight is 224 g/mol. The molecule has 0 heterocycles. The van der Waals surface area contributed by atoms with Crippen molar-refractivity contribution in [1.82, 2.24) is 10.6 Å². The van der Waals surface area contributed by atoms with Crippen LogP contribution >= 0.6 is 0 Å². The summed E-state index contributed by atoms with van der Waals surface area (Å²) < 4.78 is 0. The fourth-order valence-electron chi connectivity index (χ4n) is 2.32. The van der Waals surface area contributed by atoms with E-state index in [1.165, 1.54) is 0 Å². The van der Waals surface area contributed by atoms with Crippen molar-refractivity contribution in [2.45, 2.75) is 51.6 Å². The molecule has 0 radical (unpaired) electrons. The molecule has 0 bridgehead atoms. The summed E-state index contributed by atoms with van der Waals surface area (Å²) in [4.78, 5) is 12.0. The highest BCUT2D eigenvalue weighted by Crippen LogP contribution is 2.13. The Kier molecular flexibility index (Phi) is 5.53. The molecule has 0 saturated carbocycles. The highest BCUT2D eigenvalue weighted by atomic mass is 16.2. The molecule has 0 aromatic carbocycles. The lowest BCUT2D eigenvalue weighted by Crippen LogP contribution is -2.49. The lowest BCUT2D eigenvalue weighted by Gasteiger charge is -2.24. The fraction of sp³-hybridized carbons (Fsp3) is 0.769. The van der Waals surface area contributed by atoms with Crippen molar-refractivity contribution < 1.29 is 4.79 Å². The number of hydrogen-bond donors (Lipinski definition) is 2. The van der Waals surface area contributed by atoms with Crippen LogP contribution in [0.5, 0.6) is 0 Å². The van der Waals surface area contributed by atoms with Crippen LogP contribution in [0.25, 0.3) is 0 Å². The van der Waals surface area contributed by atoms with Crippen LogP contribution in [0.15, 0.2) is 12.2 Å². The Morgan fingerprint density at radius 2 is 2.06 bits per heavy atom. The second-order valence-corrected chi connectivity index (χ2v) is 4.68. The van der Waals surface area contributed by atoms with Crippen molar-refractivity contribution in [3.8, 4) is 0 Å². The third kappa shape index (κ3) is 3.63. The Hall–Kier alpha value is -0.830. The zero-order valence-corrected chi connectivity index (χ0v) is 10.6. The van der Waals surface area contributed by atoms with Crippen molar-refractivity contribution in [2.75, 3.05) is 7.05 Å². The topological polar surface area (TPSA) is 41.1 Å². The molecule has 0 saturated heterocycles. The molecule has 16 heavy (non-hydrogen) atoms. The van der Waals surface area contributed by atoms with Gasteiger partial charge in [0.15, 0.2) is 0 Å². The summed E-state index contributed by atoms with van der Waals surface area (Å²) in [7, 11) is 1.86. The van der Waals surface area contributed by atoms with E-state index >= 15 is 0 Å². The van der Waals surface area contributed by atoms with Crippen LogP contribution in [0.2, 0.25) is 0 Å². The Morgan fingerprint density at radius 3 is 2.56 bits per heavy atom. The van der Waals surface area contributed by atoms with Gasteiger partial charge in [-0.2, -0.15) is 0 Å². The predicted molar refractivity (Wildman–Crippen MR) is 67.2 cm³/mol. The number of amides is 1. The van der Waals surface area contributed by atoms with Gasteiger partial charge in [-0.1, -0.05) is 32.4 Å². The monoisotopic (exact) mass is 224 g/mol. The van der Waals surface area contributed by atoms with Gasteiger partial charge in [-0.05, 0) is 32.2 Å². The minimum Gasteiger partial charge on any atom is -0.351 e. The molecule has 1 aliphatic rings. The van der Waals surface area contributed by atoms with E-state index in [1.54, 1.807) is 0 Å². The van der Waals surface area contributed by atoms with Crippen molar-refractivity contribution in [2.24, 2.45) is 5.92 Å². The predicted octanol–water partition coefficient (Wildman–Crippen LogP) is 1.85. The first kappa shape index (κ1) is 13.2. The quantitative estimate of drug-likeness (QED) is 0.676. The van der Waals surface area contributed by atoms with E-state index in [1.807, 2.05) is 7.05 Å². The van der Waals surface area contributed by atoms with Gasteiger partial charge in [0, 0.05) is 6.04 Å². The van der Waals surface area contributed by atoms with Crippen molar-refractivity contribution in [3.05, 3.63) is 12.2 Å². The molecule has 0 aliphatic heterocycles. The first-order valence-electron chi connectivity index (χ1n) is 6.31. The highest BCUT2D eigenvalue weighted by Gasteiger charge is 2.24. The summed E-state index contributed by atoms with van der Waals surface area (Å²) in [5, 5.41) is 6.23. The van der Waals surface area contributed by atoms with Crippen LogP contribution in [-0.4, -0.2) is 25.0 Å². The zero-order valence-electron chi connectivity index (χ0n) is 10.6. The second-order valence-electron chi connectivity index (χ2n) is 4.68. The van der Waals surface area contributed by atoms with Gasteiger partial charge < -0.3 is 10.6 Å². The number of carbonyl (C=O) groups excluding carboxylic acids is 1. The Balaban J connectivity index is 2.41. The number of likely N-dealkylation sites (N-methyl/N-ethyl adjacent to an activating group) is 1. The van der Waals surface area contributed by atoms with E-state index in [0.29, 0.717) is 12.0 Å². The summed E-state index contributed by atoms with van der Waals surface area (Å²) in [6.45, 7) is 4.29. The van der Waals surface area contributed by atoms with E-state index in [2.05, 4.69) is 36.6 Å². The Labute approximate surface area is 98.7 Å².